The normalized spacial score (nSPS) is 15.7. The Bertz CT molecular complexity index is 652. The van der Waals surface area contributed by atoms with E-state index in [0.717, 1.165) is 13.0 Å². The lowest BCUT2D eigenvalue weighted by Gasteiger charge is -2.25. The summed E-state index contributed by atoms with van der Waals surface area (Å²) in [7, 11) is -5.50. The highest BCUT2D eigenvalue weighted by atomic mass is 79.9. The van der Waals surface area contributed by atoms with Gasteiger partial charge in [-0.1, -0.05) is 28.1 Å². The van der Waals surface area contributed by atoms with Crippen LogP contribution in [0.2, 0.25) is 0 Å². The van der Waals surface area contributed by atoms with Gasteiger partial charge in [-0.3, -0.25) is 9.09 Å². The van der Waals surface area contributed by atoms with Crippen molar-refractivity contribution in [2.75, 3.05) is 0 Å². The van der Waals surface area contributed by atoms with E-state index in [1.54, 1.807) is 20.8 Å². The average Bonchev–Trinajstić information content (AvgIpc) is 2.35. The Hall–Kier alpha value is -1.02. The molecule has 0 heterocycles. The summed E-state index contributed by atoms with van der Waals surface area (Å²) in [6.45, 7) is 5.81. The standard InChI is InChI=1S/C14H18BrF2O6P/c1-8(2)21-13(18)22-10(4)23-24(19,20)14(16,17)11-6-5-9(3)7-12(11)15/h5-8,10H,1-4H3,(H,19,20). The van der Waals surface area contributed by atoms with E-state index in [-0.39, 0.29) is 4.47 Å². The van der Waals surface area contributed by atoms with Crippen LogP contribution in [0.5, 0.6) is 0 Å². The van der Waals surface area contributed by atoms with Gasteiger partial charge in [0, 0.05) is 10.0 Å². The maximum absolute atomic E-state index is 14.4. The summed E-state index contributed by atoms with van der Waals surface area (Å²) in [5.74, 6) is 0. The number of alkyl halides is 2. The third-order valence-electron chi connectivity index (χ3n) is 2.69. The summed E-state index contributed by atoms with van der Waals surface area (Å²) in [4.78, 5) is 21.0. The quantitative estimate of drug-likeness (QED) is 0.392. The first kappa shape index (κ1) is 21.0. The fourth-order valence-electron chi connectivity index (χ4n) is 1.66. The molecule has 0 aromatic heterocycles. The van der Waals surface area contributed by atoms with E-state index in [0.29, 0.717) is 5.56 Å². The van der Waals surface area contributed by atoms with Gasteiger partial charge in [0.15, 0.2) is 0 Å². The zero-order valence-electron chi connectivity index (χ0n) is 13.5. The highest BCUT2D eigenvalue weighted by Crippen LogP contribution is 2.64. The Kier molecular flexibility index (Phi) is 6.93. The SMILES string of the molecule is Cc1ccc(C(F)(F)P(=O)(O)OC(C)OC(=O)OC(C)C)c(Br)c1. The van der Waals surface area contributed by atoms with Crippen molar-refractivity contribution in [3.8, 4) is 0 Å². The van der Waals surface area contributed by atoms with Crippen LogP contribution in [0.3, 0.4) is 0 Å². The number of hydrogen-bond acceptors (Lipinski definition) is 5. The number of halogens is 3. The van der Waals surface area contributed by atoms with Crippen LogP contribution >= 0.6 is 23.5 Å². The second-order valence-electron chi connectivity index (χ2n) is 5.25. The number of carbonyl (C=O) groups is 1. The van der Waals surface area contributed by atoms with Crippen molar-refractivity contribution in [3.63, 3.8) is 0 Å². The van der Waals surface area contributed by atoms with Gasteiger partial charge in [0.2, 0.25) is 6.29 Å². The molecule has 0 amide bonds. The largest absolute Gasteiger partial charge is 0.510 e. The lowest BCUT2D eigenvalue weighted by atomic mass is 10.1. The van der Waals surface area contributed by atoms with Crippen molar-refractivity contribution < 1.29 is 37.0 Å². The summed E-state index contributed by atoms with van der Waals surface area (Å²) in [5, 5.41) is 0. The van der Waals surface area contributed by atoms with Gasteiger partial charge in [-0.15, -0.1) is 0 Å². The van der Waals surface area contributed by atoms with E-state index in [9.17, 15) is 23.0 Å². The second-order valence-corrected chi connectivity index (χ2v) is 7.92. The number of ether oxygens (including phenoxy) is 2. The topological polar surface area (TPSA) is 82.1 Å². The molecule has 1 aromatic carbocycles. The van der Waals surface area contributed by atoms with Crippen molar-refractivity contribution in [3.05, 3.63) is 33.8 Å². The molecule has 1 rings (SSSR count). The first-order chi connectivity index (χ1) is 10.9. The van der Waals surface area contributed by atoms with Crippen molar-refractivity contribution in [2.24, 2.45) is 0 Å². The van der Waals surface area contributed by atoms with Gasteiger partial charge in [0.05, 0.1) is 6.10 Å². The molecular formula is C14H18BrF2O6P. The number of rotatable bonds is 6. The zero-order valence-corrected chi connectivity index (χ0v) is 15.9. The molecule has 136 valence electrons. The molecule has 10 heteroatoms. The minimum atomic E-state index is -5.50. The third-order valence-corrected chi connectivity index (χ3v) is 4.88. The maximum Gasteiger partial charge on any atom is 0.510 e. The third kappa shape index (κ3) is 5.24. The number of carbonyl (C=O) groups excluding carboxylic acids is 1. The zero-order chi connectivity index (χ0) is 18.7. The van der Waals surface area contributed by atoms with E-state index >= 15 is 0 Å². The van der Waals surface area contributed by atoms with E-state index in [4.69, 9.17) is 0 Å². The number of benzene rings is 1. The smallest absolute Gasteiger partial charge is 0.432 e. The summed E-state index contributed by atoms with van der Waals surface area (Å²) < 4.78 is 54.3. The van der Waals surface area contributed by atoms with Crippen molar-refractivity contribution in [1.82, 2.24) is 0 Å². The van der Waals surface area contributed by atoms with Gasteiger partial charge >= 0.3 is 19.4 Å². The Morgan fingerprint density at radius 1 is 1.29 bits per heavy atom. The first-order valence-electron chi connectivity index (χ1n) is 6.90. The Labute approximate surface area is 146 Å². The Morgan fingerprint density at radius 2 is 1.88 bits per heavy atom. The van der Waals surface area contributed by atoms with Gasteiger partial charge in [-0.05, 0) is 39.3 Å². The van der Waals surface area contributed by atoms with Crippen molar-refractivity contribution in [2.45, 2.75) is 45.8 Å². The molecule has 2 atom stereocenters. The molecule has 2 unspecified atom stereocenters. The van der Waals surface area contributed by atoms with Crippen LogP contribution in [-0.2, 0) is 24.2 Å². The van der Waals surface area contributed by atoms with E-state index in [2.05, 4.69) is 29.9 Å². The molecular weight excluding hydrogens is 413 g/mol. The molecule has 0 aliphatic heterocycles. The monoisotopic (exact) mass is 430 g/mol. The van der Waals surface area contributed by atoms with Gasteiger partial charge in [0.1, 0.15) is 0 Å². The molecule has 24 heavy (non-hydrogen) atoms. The predicted molar refractivity (Wildman–Crippen MR) is 85.8 cm³/mol. The van der Waals surface area contributed by atoms with Gasteiger partial charge in [0.25, 0.3) is 0 Å². The summed E-state index contributed by atoms with van der Waals surface area (Å²) in [6.07, 6.45) is -3.41. The Morgan fingerprint density at radius 3 is 2.38 bits per heavy atom. The number of aryl methyl sites for hydroxylation is 1. The summed E-state index contributed by atoms with van der Waals surface area (Å²) in [6, 6.07) is 3.77. The minimum Gasteiger partial charge on any atom is -0.432 e. The van der Waals surface area contributed by atoms with Gasteiger partial charge in [-0.25, -0.2) is 4.79 Å². The van der Waals surface area contributed by atoms with Crippen molar-refractivity contribution >= 4 is 29.7 Å². The van der Waals surface area contributed by atoms with E-state index in [1.165, 1.54) is 12.1 Å². The summed E-state index contributed by atoms with van der Waals surface area (Å²) >= 11 is 2.94. The van der Waals surface area contributed by atoms with Crippen LogP contribution in [0.1, 0.15) is 31.9 Å². The molecule has 0 aliphatic rings. The van der Waals surface area contributed by atoms with Crippen LogP contribution in [0.4, 0.5) is 13.6 Å². The molecule has 0 saturated heterocycles. The maximum atomic E-state index is 14.4. The molecule has 1 N–H and O–H groups in total. The van der Waals surface area contributed by atoms with E-state index in [1.807, 2.05) is 0 Å². The molecule has 0 aliphatic carbocycles. The molecule has 6 nitrogen and oxygen atoms in total. The van der Waals surface area contributed by atoms with Gasteiger partial charge < -0.3 is 14.4 Å². The highest BCUT2D eigenvalue weighted by Gasteiger charge is 2.55. The van der Waals surface area contributed by atoms with Crippen LogP contribution in [0.15, 0.2) is 22.7 Å². The van der Waals surface area contributed by atoms with Gasteiger partial charge in [-0.2, -0.15) is 8.78 Å². The molecule has 0 fully saturated rings. The highest BCUT2D eigenvalue weighted by molar-refractivity contribution is 9.10. The Balaban J connectivity index is 2.93. The van der Waals surface area contributed by atoms with E-state index < -0.39 is 37.4 Å². The van der Waals surface area contributed by atoms with Crippen molar-refractivity contribution in [1.29, 1.82) is 0 Å². The molecule has 0 spiro atoms. The molecule has 1 aromatic rings. The van der Waals surface area contributed by atoms with Crippen LogP contribution < -0.4 is 0 Å². The van der Waals surface area contributed by atoms with Crippen LogP contribution in [0.25, 0.3) is 0 Å². The summed E-state index contributed by atoms with van der Waals surface area (Å²) in [5.41, 5.74) is -4.24. The number of hydrogen-bond donors (Lipinski definition) is 1. The second kappa shape index (κ2) is 7.91. The minimum absolute atomic E-state index is 0.0434. The lowest BCUT2D eigenvalue weighted by Crippen LogP contribution is -2.24. The molecule has 0 radical (unpaired) electrons. The van der Waals surface area contributed by atoms with Crippen LogP contribution in [-0.4, -0.2) is 23.4 Å². The predicted octanol–water partition coefficient (Wildman–Crippen LogP) is 4.92. The molecule has 0 saturated carbocycles. The van der Waals surface area contributed by atoms with Crippen LogP contribution in [0, 0.1) is 6.92 Å². The first-order valence-corrected chi connectivity index (χ1v) is 9.27. The fourth-order valence-corrected chi connectivity index (χ4v) is 3.63. The average molecular weight is 431 g/mol. The lowest BCUT2D eigenvalue weighted by molar-refractivity contribution is -0.0766. The molecule has 0 bridgehead atoms. The fraction of sp³-hybridized carbons (Fsp3) is 0.500.